The summed E-state index contributed by atoms with van der Waals surface area (Å²) < 4.78 is 11.4. The Bertz CT molecular complexity index is 877. The summed E-state index contributed by atoms with van der Waals surface area (Å²) in [5, 5.41) is 9.77. The average Bonchev–Trinajstić information content (AvgIpc) is 2.86. The van der Waals surface area contributed by atoms with Crippen LogP contribution in [0, 0.1) is 0 Å². The zero-order valence-electron chi connectivity index (χ0n) is 12.7. The van der Waals surface area contributed by atoms with Crippen LogP contribution in [0.2, 0.25) is 0 Å². The molecule has 128 valence electrons. The first-order valence-corrected chi connectivity index (χ1v) is 8.86. The summed E-state index contributed by atoms with van der Waals surface area (Å²) in [6.45, 7) is 0. The van der Waals surface area contributed by atoms with E-state index in [0.29, 0.717) is 26.1 Å². The fourth-order valence-corrected chi connectivity index (χ4v) is 3.64. The topological polar surface area (TPSA) is 71.9 Å². The summed E-state index contributed by atoms with van der Waals surface area (Å²) in [4.78, 5) is 17.9. The number of methoxy groups -OCH3 is 1. The van der Waals surface area contributed by atoms with Crippen LogP contribution in [0.15, 0.2) is 45.2 Å². The quantitative estimate of drug-likeness (QED) is 0.523. The third kappa shape index (κ3) is 3.53. The minimum Gasteiger partial charge on any atom is -0.506 e. The highest BCUT2D eigenvalue weighted by Crippen LogP contribution is 2.35. The number of hydrogen-bond acceptors (Lipinski definition) is 6. The first-order valence-electron chi connectivity index (χ1n) is 6.86. The van der Waals surface area contributed by atoms with Crippen molar-refractivity contribution in [1.82, 2.24) is 4.98 Å². The highest BCUT2D eigenvalue weighted by atomic mass is 79.9. The van der Waals surface area contributed by atoms with E-state index in [0.717, 1.165) is 0 Å². The lowest BCUT2D eigenvalue weighted by molar-refractivity contribution is -0.114. The number of hydrogen-bond donors (Lipinski definition) is 1. The van der Waals surface area contributed by atoms with Gasteiger partial charge in [0.25, 0.3) is 5.17 Å². The van der Waals surface area contributed by atoms with E-state index >= 15 is 0 Å². The number of anilines is 1. The Labute approximate surface area is 165 Å². The standard InChI is InChI=1S/C16H10Br2N2O4S/c1-23-13-3-2-9(7-19-13)20-15(22)12(24-16(20)25)6-8-4-10(17)14(21)11(18)5-8/h2-7,21H,1H3. The maximum atomic E-state index is 12.6. The monoisotopic (exact) mass is 484 g/mol. The van der Waals surface area contributed by atoms with E-state index in [2.05, 4.69) is 36.8 Å². The summed E-state index contributed by atoms with van der Waals surface area (Å²) >= 11 is 11.6. The Morgan fingerprint density at radius 3 is 2.56 bits per heavy atom. The van der Waals surface area contributed by atoms with Crippen molar-refractivity contribution in [2.45, 2.75) is 0 Å². The van der Waals surface area contributed by atoms with Crippen LogP contribution in [0.5, 0.6) is 11.6 Å². The van der Waals surface area contributed by atoms with E-state index in [1.807, 2.05) is 0 Å². The number of ether oxygens (including phenoxy) is 2. The summed E-state index contributed by atoms with van der Waals surface area (Å²) in [6, 6.07) is 6.60. The van der Waals surface area contributed by atoms with Gasteiger partial charge in [-0.1, -0.05) is 0 Å². The molecule has 3 rings (SSSR count). The van der Waals surface area contributed by atoms with Crippen LogP contribution >= 0.6 is 44.1 Å². The van der Waals surface area contributed by atoms with Crippen LogP contribution < -0.4 is 9.64 Å². The Balaban J connectivity index is 1.92. The van der Waals surface area contributed by atoms with E-state index < -0.39 is 5.91 Å². The van der Waals surface area contributed by atoms with Gasteiger partial charge in [-0.2, -0.15) is 0 Å². The maximum Gasteiger partial charge on any atom is 0.301 e. The second kappa shape index (κ2) is 7.11. The molecule has 0 bridgehead atoms. The lowest BCUT2D eigenvalue weighted by Gasteiger charge is -2.11. The predicted molar refractivity (Wildman–Crippen MR) is 103 cm³/mol. The number of pyridine rings is 1. The van der Waals surface area contributed by atoms with Crippen molar-refractivity contribution < 1.29 is 19.4 Å². The van der Waals surface area contributed by atoms with Crippen molar-refractivity contribution in [2.75, 3.05) is 12.0 Å². The molecule has 0 unspecified atom stereocenters. The van der Waals surface area contributed by atoms with Gasteiger partial charge in [-0.15, -0.1) is 0 Å². The SMILES string of the molecule is COc1ccc(N2C(=O)C(=Cc3cc(Br)c(O)c(Br)c3)OC2=S)cn1. The molecular weight excluding hydrogens is 476 g/mol. The van der Waals surface area contributed by atoms with Crippen molar-refractivity contribution in [3.8, 4) is 11.6 Å². The lowest BCUT2D eigenvalue weighted by Crippen LogP contribution is -2.28. The smallest absolute Gasteiger partial charge is 0.301 e. The molecule has 0 aliphatic carbocycles. The molecular formula is C16H10Br2N2O4S. The van der Waals surface area contributed by atoms with E-state index in [9.17, 15) is 9.90 Å². The minimum atomic E-state index is -0.405. The second-order valence-electron chi connectivity index (χ2n) is 4.91. The number of halogens is 2. The molecule has 1 aliphatic rings. The Hall–Kier alpha value is -1.97. The van der Waals surface area contributed by atoms with Gasteiger partial charge in [-0.3, -0.25) is 4.79 Å². The van der Waals surface area contributed by atoms with Gasteiger partial charge in [0.1, 0.15) is 5.75 Å². The van der Waals surface area contributed by atoms with Gasteiger partial charge in [-0.25, -0.2) is 9.88 Å². The molecule has 2 heterocycles. The number of thiocarbonyl (C=S) groups is 1. The number of nitrogens with zero attached hydrogens (tertiary/aromatic N) is 2. The number of rotatable bonds is 3. The summed E-state index contributed by atoms with van der Waals surface area (Å²) in [5.41, 5.74) is 1.13. The zero-order chi connectivity index (χ0) is 18.1. The molecule has 0 spiro atoms. The number of phenols is 1. The molecule has 1 saturated heterocycles. The van der Waals surface area contributed by atoms with Crippen LogP contribution in [0.3, 0.4) is 0 Å². The fourth-order valence-electron chi connectivity index (χ4n) is 2.14. The highest BCUT2D eigenvalue weighted by molar-refractivity contribution is 9.11. The van der Waals surface area contributed by atoms with Crippen molar-refractivity contribution in [3.05, 3.63) is 50.7 Å². The van der Waals surface area contributed by atoms with E-state index in [4.69, 9.17) is 21.7 Å². The van der Waals surface area contributed by atoms with Gasteiger partial charge in [0.15, 0.2) is 5.76 Å². The molecule has 1 amide bonds. The average molecular weight is 486 g/mol. The van der Waals surface area contributed by atoms with Gasteiger partial charge in [-0.05, 0) is 73.9 Å². The van der Waals surface area contributed by atoms with E-state index in [-0.39, 0.29) is 16.7 Å². The third-order valence-electron chi connectivity index (χ3n) is 3.32. The first kappa shape index (κ1) is 17.8. The van der Waals surface area contributed by atoms with Gasteiger partial charge < -0.3 is 14.6 Å². The van der Waals surface area contributed by atoms with Gasteiger partial charge >= 0.3 is 5.91 Å². The summed E-state index contributed by atoms with van der Waals surface area (Å²) in [6.07, 6.45) is 3.02. The first-order chi connectivity index (χ1) is 11.9. The predicted octanol–water partition coefficient (Wildman–Crippen LogP) is 4.01. The normalized spacial score (nSPS) is 15.6. The van der Waals surface area contributed by atoms with Gasteiger partial charge in [0.05, 0.1) is 27.9 Å². The summed E-state index contributed by atoms with van der Waals surface area (Å²) in [7, 11) is 1.51. The molecule has 1 aromatic carbocycles. The zero-order valence-corrected chi connectivity index (χ0v) is 16.7. The van der Waals surface area contributed by atoms with Crippen molar-refractivity contribution in [3.63, 3.8) is 0 Å². The molecule has 0 atom stereocenters. The van der Waals surface area contributed by atoms with Gasteiger partial charge in [0, 0.05) is 6.07 Å². The van der Waals surface area contributed by atoms with Crippen LogP contribution in [0.1, 0.15) is 5.56 Å². The molecule has 0 radical (unpaired) electrons. The van der Waals surface area contributed by atoms with E-state index in [1.54, 1.807) is 30.3 Å². The number of amides is 1. The number of aromatic nitrogens is 1. The molecule has 9 heteroatoms. The number of aromatic hydroxyl groups is 1. The van der Waals surface area contributed by atoms with Crippen molar-refractivity contribution >= 4 is 66.9 Å². The van der Waals surface area contributed by atoms with Crippen molar-refractivity contribution in [2.24, 2.45) is 0 Å². The molecule has 25 heavy (non-hydrogen) atoms. The number of benzene rings is 1. The molecule has 6 nitrogen and oxygen atoms in total. The number of phenolic OH excluding ortho intramolecular Hbond substituents is 1. The number of carbonyl (C=O) groups excluding carboxylic acids is 1. The van der Waals surface area contributed by atoms with E-state index in [1.165, 1.54) is 18.2 Å². The van der Waals surface area contributed by atoms with Crippen LogP contribution in [-0.2, 0) is 9.53 Å². The summed E-state index contributed by atoms with van der Waals surface area (Å²) in [5.74, 6) is 0.168. The molecule has 1 aliphatic heterocycles. The Morgan fingerprint density at radius 2 is 2.00 bits per heavy atom. The highest BCUT2D eigenvalue weighted by Gasteiger charge is 2.35. The minimum absolute atomic E-state index is 0.0140. The Morgan fingerprint density at radius 1 is 1.32 bits per heavy atom. The molecule has 1 N–H and O–H groups in total. The second-order valence-corrected chi connectivity index (χ2v) is 6.97. The largest absolute Gasteiger partial charge is 0.506 e. The van der Waals surface area contributed by atoms with Crippen molar-refractivity contribution in [1.29, 1.82) is 0 Å². The number of carbonyl (C=O) groups is 1. The maximum absolute atomic E-state index is 12.6. The van der Waals surface area contributed by atoms with Crippen LogP contribution in [0.25, 0.3) is 6.08 Å². The molecule has 1 aromatic heterocycles. The lowest BCUT2D eigenvalue weighted by atomic mass is 10.2. The molecule has 0 saturated carbocycles. The van der Waals surface area contributed by atoms with Gasteiger partial charge in [0.2, 0.25) is 5.88 Å². The third-order valence-corrected chi connectivity index (χ3v) is 4.79. The van der Waals surface area contributed by atoms with Crippen LogP contribution in [0.4, 0.5) is 5.69 Å². The molecule has 1 fully saturated rings. The molecule has 2 aromatic rings. The van der Waals surface area contributed by atoms with Crippen LogP contribution in [-0.4, -0.2) is 28.3 Å². The fraction of sp³-hybridized carbons (Fsp3) is 0.0625. The Kier molecular flexibility index (Phi) is 5.07.